The van der Waals surface area contributed by atoms with Crippen molar-refractivity contribution in [3.05, 3.63) is 35.4 Å². The smallest absolute Gasteiger partial charge is 0.351 e. The van der Waals surface area contributed by atoms with Crippen LogP contribution < -0.4 is 11.4 Å². The van der Waals surface area contributed by atoms with E-state index in [4.69, 9.17) is 19.9 Å². The van der Waals surface area contributed by atoms with Gasteiger partial charge in [0.25, 0.3) is 0 Å². The SMILES string of the molecule is C=C[C@]1(COC(=O)C(C)C)O[C@@H](n2ccc(N)nc2=O)[C@@H](F)[C@@H]1OC(=O)C(C)C. The number of carbonyl (C=O) groups is 2. The number of rotatable bonds is 7. The van der Waals surface area contributed by atoms with E-state index in [1.54, 1.807) is 27.7 Å². The molecule has 0 bridgehead atoms. The van der Waals surface area contributed by atoms with Crippen molar-refractivity contribution in [2.75, 3.05) is 12.3 Å². The van der Waals surface area contributed by atoms with Crippen LogP contribution in [0.3, 0.4) is 0 Å². The summed E-state index contributed by atoms with van der Waals surface area (Å²) in [5.74, 6) is -2.23. The number of aromatic nitrogens is 2. The average molecular weight is 411 g/mol. The highest BCUT2D eigenvalue weighted by atomic mass is 19.1. The Kier molecular flexibility index (Phi) is 6.78. The number of nitrogens with two attached hydrogens (primary N) is 1. The van der Waals surface area contributed by atoms with E-state index in [0.717, 1.165) is 4.57 Å². The van der Waals surface area contributed by atoms with Gasteiger partial charge in [-0.05, 0) is 6.07 Å². The summed E-state index contributed by atoms with van der Waals surface area (Å²) in [6.07, 6.45) is -2.51. The lowest BCUT2D eigenvalue weighted by Crippen LogP contribution is -2.48. The van der Waals surface area contributed by atoms with E-state index in [1.165, 1.54) is 18.3 Å². The first-order valence-corrected chi connectivity index (χ1v) is 9.19. The second-order valence-electron chi connectivity index (χ2n) is 7.43. The lowest BCUT2D eigenvalue weighted by molar-refractivity contribution is -0.172. The van der Waals surface area contributed by atoms with E-state index < -0.39 is 60.2 Å². The van der Waals surface area contributed by atoms with Crippen molar-refractivity contribution >= 4 is 17.8 Å². The molecule has 1 fully saturated rings. The largest absolute Gasteiger partial charge is 0.462 e. The molecule has 0 saturated carbocycles. The third kappa shape index (κ3) is 4.64. The Morgan fingerprint density at radius 3 is 2.52 bits per heavy atom. The van der Waals surface area contributed by atoms with Gasteiger partial charge in [-0.1, -0.05) is 40.3 Å². The van der Waals surface area contributed by atoms with Crippen molar-refractivity contribution in [3.63, 3.8) is 0 Å². The molecular formula is C19H26FN3O6. The summed E-state index contributed by atoms with van der Waals surface area (Å²) < 4.78 is 32.6. The molecule has 0 spiro atoms. The summed E-state index contributed by atoms with van der Waals surface area (Å²) in [5, 5.41) is 0. The van der Waals surface area contributed by atoms with Crippen molar-refractivity contribution in [2.24, 2.45) is 11.8 Å². The predicted octanol–water partition coefficient (Wildman–Crippen LogP) is 1.38. The van der Waals surface area contributed by atoms with E-state index in [-0.39, 0.29) is 5.82 Å². The molecule has 9 nitrogen and oxygen atoms in total. The molecule has 1 aliphatic heterocycles. The van der Waals surface area contributed by atoms with Gasteiger partial charge in [0, 0.05) is 6.20 Å². The standard InChI is InChI=1S/C19H26FN3O6/c1-6-19(9-27-16(24)10(2)3)14(28-17(25)11(4)5)13(20)15(29-19)23-8-7-12(21)22-18(23)26/h6-8,10-11,13-15H,1,9H2,2-5H3,(H2,21,22,26)/t13-,14-,15+,19+/m0/s1. The molecule has 2 rings (SSSR count). The minimum absolute atomic E-state index is 0.0386. The highest BCUT2D eigenvalue weighted by molar-refractivity contribution is 5.72. The van der Waals surface area contributed by atoms with Crippen LogP contribution in [0.2, 0.25) is 0 Å². The zero-order chi connectivity index (χ0) is 21.9. The van der Waals surface area contributed by atoms with Gasteiger partial charge >= 0.3 is 17.6 Å². The van der Waals surface area contributed by atoms with Crippen LogP contribution >= 0.6 is 0 Å². The van der Waals surface area contributed by atoms with Crippen molar-refractivity contribution in [3.8, 4) is 0 Å². The minimum atomic E-state index is -1.96. The van der Waals surface area contributed by atoms with Crippen LogP contribution in [0.1, 0.15) is 33.9 Å². The van der Waals surface area contributed by atoms with Gasteiger partial charge in [0.1, 0.15) is 12.4 Å². The molecule has 1 aromatic rings. The molecule has 1 aliphatic rings. The molecular weight excluding hydrogens is 385 g/mol. The summed E-state index contributed by atoms with van der Waals surface area (Å²) in [4.78, 5) is 39.8. The number of carbonyl (C=O) groups excluding carboxylic acids is 2. The molecule has 0 unspecified atom stereocenters. The topological polar surface area (TPSA) is 123 Å². The lowest BCUT2D eigenvalue weighted by Gasteiger charge is -2.31. The summed E-state index contributed by atoms with van der Waals surface area (Å²) in [7, 11) is 0. The van der Waals surface area contributed by atoms with Gasteiger partial charge in [-0.15, -0.1) is 0 Å². The molecule has 29 heavy (non-hydrogen) atoms. The van der Waals surface area contributed by atoms with Crippen LogP contribution in [0.5, 0.6) is 0 Å². The molecule has 0 radical (unpaired) electrons. The van der Waals surface area contributed by atoms with E-state index in [2.05, 4.69) is 11.6 Å². The van der Waals surface area contributed by atoms with Gasteiger partial charge in [-0.25, -0.2) is 9.18 Å². The van der Waals surface area contributed by atoms with Gasteiger partial charge in [-0.3, -0.25) is 14.2 Å². The molecule has 4 atom stereocenters. The van der Waals surface area contributed by atoms with Gasteiger partial charge < -0.3 is 19.9 Å². The van der Waals surface area contributed by atoms with Crippen LogP contribution in [0.15, 0.2) is 29.7 Å². The molecule has 0 aliphatic carbocycles. The van der Waals surface area contributed by atoms with Gasteiger partial charge in [-0.2, -0.15) is 4.98 Å². The fourth-order valence-corrected chi connectivity index (χ4v) is 2.72. The number of esters is 2. The number of nitrogens with zero attached hydrogens (tertiary/aromatic N) is 2. The lowest BCUT2D eigenvalue weighted by atomic mass is 9.96. The molecule has 0 amide bonds. The first-order valence-electron chi connectivity index (χ1n) is 9.19. The van der Waals surface area contributed by atoms with Crippen molar-refractivity contribution in [1.29, 1.82) is 0 Å². The van der Waals surface area contributed by atoms with Crippen LogP contribution in [0.4, 0.5) is 10.2 Å². The minimum Gasteiger partial charge on any atom is -0.462 e. The maximum Gasteiger partial charge on any atom is 0.351 e. The Morgan fingerprint density at radius 2 is 2.00 bits per heavy atom. The predicted molar refractivity (Wildman–Crippen MR) is 101 cm³/mol. The van der Waals surface area contributed by atoms with E-state index in [1.807, 2.05) is 0 Å². The Labute approximate surface area is 167 Å². The molecule has 0 aromatic carbocycles. The summed E-state index contributed by atoms with van der Waals surface area (Å²) in [6, 6.07) is 1.30. The van der Waals surface area contributed by atoms with Crippen LogP contribution in [-0.4, -0.2) is 46.0 Å². The first kappa shape index (κ1) is 22.5. The second kappa shape index (κ2) is 8.73. The molecule has 160 valence electrons. The third-order valence-electron chi connectivity index (χ3n) is 4.48. The van der Waals surface area contributed by atoms with E-state index >= 15 is 4.39 Å². The molecule has 10 heteroatoms. The van der Waals surface area contributed by atoms with Crippen LogP contribution in [0.25, 0.3) is 0 Å². The van der Waals surface area contributed by atoms with Gasteiger partial charge in [0.15, 0.2) is 24.1 Å². The van der Waals surface area contributed by atoms with E-state index in [0.29, 0.717) is 0 Å². The third-order valence-corrected chi connectivity index (χ3v) is 4.48. The van der Waals surface area contributed by atoms with Crippen LogP contribution in [-0.2, 0) is 23.8 Å². The Balaban J connectivity index is 2.43. The first-order chi connectivity index (χ1) is 13.5. The maximum absolute atomic E-state index is 15.4. The number of hydrogen-bond acceptors (Lipinski definition) is 8. The fourth-order valence-electron chi connectivity index (χ4n) is 2.72. The highest BCUT2D eigenvalue weighted by Crippen LogP contribution is 2.42. The van der Waals surface area contributed by atoms with Crippen molar-refractivity contribution < 1.29 is 28.2 Å². The maximum atomic E-state index is 15.4. The average Bonchev–Trinajstić information content (AvgIpc) is 2.92. The van der Waals surface area contributed by atoms with E-state index in [9.17, 15) is 14.4 Å². The molecule has 1 saturated heterocycles. The van der Waals surface area contributed by atoms with Crippen molar-refractivity contribution in [2.45, 2.75) is 51.8 Å². The zero-order valence-corrected chi connectivity index (χ0v) is 16.8. The van der Waals surface area contributed by atoms with Crippen LogP contribution in [0, 0.1) is 11.8 Å². The normalized spacial score (nSPS) is 26.5. The summed E-state index contributed by atoms with van der Waals surface area (Å²) >= 11 is 0. The van der Waals surface area contributed by atoms with Crippen molar-refractivity contribution in [1.82, 2.24) is 9.55 Å². The molecule has 2 heterocycles. The van der Waals surface area contributed by atoms with Gasteiger partial charge in [0.2, 0.25) is 0 Å². The molecule has 1 aromatic heterocycles. The number of anilines is 1. The quantitative estimate of drug-likeness (QED) is 0.527. The Bertz CT molecular complexity index is 839. The van der Waals surface area contributed by atoms with Gasteiger partial charge in [0.05, 0.1) is 11.8 Å². The number of nitrogen functional groups attached to an aromatic ring is 1. The Hall–Kier alpha value is -2.75. The number of ether oxygens (including phenoxy) is 3. The number of hydrogen-bond donors (Lipinski definition) is 1. The zero-order valence-electron chi connectivity index (χ0n) is 16.8. The Morgan fingerprint density at radius 1 is 1.38 bits per heavy atom. The monoisotopic (exact) mass is 411 g/mol. The summed E-state index contributed by atoms with van der Waals surface area (Å²) in [5.41, 5.74) is 2.94. The fraction of sp³-hybridized carbons (Fsp3) is 0.579. The highest BCUT2D eigenvalue weighted by Gasteiger charge is 2.58. The second-order valence-corrected chi connectivity index (χ2v) is 7.43. The number of halogens is 1. The molecule has 2 N–H and O–H groups in total. The summed E-state index contributed by atoms with van der Waals surface area (Å²) in [6.45, 7) is 9.64. The number of alkyl halides is 1.